The van der Waals surface area contributed by atoms with Crippen LogP contribution in [0.15, 0.2) is 47.1 Å². The molecule has 0 N–H and O–H groups in total. The van der Waals surface area contributed by atoms with Crippen LogP contribution in [0.25, 0.3) is 5.70 Å². The molecule has 1 aromatic carbocycles. The topological polar surface area (TPSA) is 3.24 Å². The summed E-state index contributed by atoms with van der Waals surface area (Å²) in [5.41, 5.74) is 0.864. The van der Waals surface area contributed by atoms with Crippen LogP contribution in [0.3, 0.4) is 0 Å². The number of nitrogens with zero attached hydrogens (tertiary/aromatic N) is 1. The van der Waals surface area contributed by atoms with E-state index in [4.69, 9.17) is 0 Å². The summed E-state index contributed by atoms with van der Waals surface area (Å²) in [6, 6.07) is 4.45. The molecule has 0 saturated carbocycles. The summed E-state index contributed by atoms with van der Waals surface area (Å²) >= 11 is 3.15. The molecule has 1 aliphatic rings. The van der Waals surface area contributed by atoms with Gasteiger partial charge in [0.25, 0.3) is 6.43 Å². The third kappa shape index (κ3) is 4.06. The molecule has 1 nitrogen and oxygen atoms in total. The first kappa shape index (κ1) is 17.7. The van der Waals surface area contributed by atoms with Crippen LogP contribution in [0, 0.1) is 11.9 Å². The van der Waals surface area contributed by atoms with Gasteiger partial charge in [0.1, 0.15) is 0 Å². The molecule has 0 aliphatic carbocycles. The van der Waals surface area contributed by atoms with Crippen LogP contribution in [-0.2, 0) is 32.7 Å². The van der Waals surface area contributed by atoms with E-state index in [0.717, 1.165) is 0 Å². The van der Waals surface area contributed by atoms with Gasteiger partial charge in [-0.2, -0.15) is 12.2 Å². The fraction of sp³-hybridized carbons (Fsp3) is 0.143. The zero-order valence-corrected chi connectivity index (χ0v) is 14.8. The van der Waals surface area contributed by atoms with Gasteiger partial charge in [0.15, 0.2) is 0 Å². The van der Waals surface area contributed by atoms with E-state index in [1.54, 1.807) is 18.2 Å². The first-order valence-electron chi connectivity index (χ1n) is 5.49. The molecule has 1 aliphatic heterocycles. The van der Waals surface area contributed by atoms with Gasteiger partial charge in [0.05, 0.1) is 12.4 Å². The van der Waals surface area contributed by atoms with Crippen molar-refractivity contribution in [1.82, 2.24) is 4.90 Å². The van der Waals surface area contributed by atoms with Gasteiger partial charge >= 0.3 is 0 Å². The van der Waals surface area contributed by atoms with Crippen LogP contribution >= 0.6 is 15.9 Å². The Morgan fingerprint density at radius 2 is 2.05 bits per heavy atom. The van der Waals surface area contributed by atoms with Crippen molar-refractivity contribution >= 4 is 21.6 Å². The van der Waals surface area contributed by atoms with Crippen molar-refractivity contribution in [2.75, 3.05) is 6.54 Å². The summed E-state index contributed by atoms with van der Waals surface area (Å²) < 4.78 is 39.7. The van der Waals surface area contributed by atoms with Crippen LogP contribution in [0.5, 0.6) is 0 Å². The number of alkyl halides is 2. The smallest absolute Gasteiger partial charge is 0.256 e. The van der Waals surface area contributed by atoms with Gasteiger partial charge in [-0.3, -0.25) is 0 Å². The fourth-order valence-corrected chi connectivity index (χ4v) is 2.11. The van der Waals surface area contributed by atoms with Gasteiger partial charge < -0.3 is 4.90 Å². The van der Waals surface area contributed by atoms with E-state index in [1.807, 2.05) is 0 Å². The molecule has 1 aromatic rings. The minimum Gasteiger partial charge on any atom is -0.370 e. The summed E-state index contributed by atoms with van der Waals surface area (Å²) in [6.45, 7) is 3.14. The van der Waals surface area contributed by atoms with Gasteiger partial charge in [0.2, 0.25) is 0 Å². The number of rotatable bonds is 3. The summed E-state index contributed by atoms with van der Waals surface area (Å²) in [5, 5.41) is 0. The minimum atomic E-state index is -2.54. The second kappa shape index (κ2) is 7.57. The average Bonchev–Trinajstić information content (AvgIpc) is 2.32. The maximum atomic E-state index is 13.9. The normalized spacial score (nSPS) is 14.3. The van der Waals surface area contributed by atoms with Crippen LogP contribution in [0.4, 0.5) is 13.2 Å². The van der Waals surface area contributed by atoms with Crippen molar-refractivity contribution in [2.45, 2.75) is 6.43 Å². The molecule has 2 rings (SSSR count). The average molecular weight is 418 g/mol. The van der Waals surface area contributed by atoms with Crippen LogP contribution in [0.1, 0.15) is 5.56 Å². The molecule has 0 unspecified atom stereocenters. The van der Waals surface area contributed by atoms with Crippen LogP contribution in [0.2, 0.25) is 0 Å². The van der Waals surface area contributed by atoms with Crippen molar-refractivity contribution < 1.29 is 45.9 Å². The van der Waals surface area contributed by atoms with Crippen molar-refractivity contribution in [2.24, 2.45) is 0 Å². The summed E-state index contributed by atoms with van der Waals surface area (Å²) in [6.07, 6.45) is 3.35. The Morgan fingerprint density at radius 1 is 1.35 bits per heavy atom. The Hall–Kier alpha value is -0.386. The van der Waals surface area contributed by atoms with Gasteiger partial charge in [0, 0.05) is 37.2 Å². The molecule has 0 bridgehead atoms. The van der Waals surface area contributed by atoms with Gasteiger partial charge in [-0.15, -0.1) is 12.1 Å². The Labute approximate surface area is 149 Å². The molecule has 0 amide bonds. The van der Waals surface area contributed by atoms with E-state index in [2.05, 4.69) is 28.6 Å². The van der Waals surface area contributed by atoms with E-state index < -0.39 is 18.8 Å². The zero-order valence-electron chi connectivity index (χ0n) is 10.4. The number of hydrogen-bond donors (Lipinski definition) is 0. The number of allylic oxidation sites excluding steroid dienone is 3. The maximum absolute atomic E-state index is 13.9. The molecule has 20 heavy (non-hydrogen) atoms. The van der Waals surface area contributed by atoms with E-state index in [1.165, 1.54) is 17.0 Å². The summed E-state index contributed by atoms with van der Waals surface area (Å²) in [7, 11) is 0. The molecule has 0 fully saturated rings. The molecule has 1 radical (unpaired) electrons. The molecule has 0 spiro atoms. The van der Waals surface area contributed by atoms with Crippen LogP contribution < -0.4 is 0 Å². The zero-order chi connectivity index (χ0) is 14.0. The number of halogens is 4. The molecule has 0 atom stereocenters. The SMILES string of the molecule is C=C1C=C[C-]=C(c2ccc(Br)cc2F)N1CC(F)F.[Y]. The molecule has 0 aromatic heterocycles. The van der Waals surface area contributed by atoms with E-state index in [0.29, 0.717) is 10.2 Å². The third-order valence-electron chi connectivity index (χ3n) is 2.62. The fourth-order valence-electron chi connectivity index (χ4n) is 1.78. The molecule has 1 heterocycles. The van der Waals surface area contributed by atoms with Crippen LogP contribution in [-0.4, -0.2) is 17.9 Å². The Bertz CT molecular complexity index is 570. The predicted molar refractivity (Wildman–Crippen MR) is 71.7 cm³/mol. The molecular formula is C14H10BrF3NY-. The standard InChI is InChI=1S/C14H10BrF3N.Y/c1-9-3-2-4-13(19(9)8-14(17)18)11-6-5-10(15)7-12(11)16;/h2-3,5-7,14H,1,8H2;/q-1;. The summed E-state index contributed by atoms with van der Waals surface area (Å²) in [4.78, 5) is 1.26. The van der Waals surface area contributed by atoms with E-state index in [-0.39, 0.29) is 44.0 Å². The van der Waals surface area contributed by atoms with Crippen molar-refractivity contribution in [1.29, 1.82) is 0 Å². The molecule has 103 valence electrons. The van der Waals surface area contributed by atoms with Crippen molar-refractivity contribution in [3.8, 4) is 0 Å². The van der Waals surface area contributed by atoms with Gasteiger partial charge in [-0.1, -0.05) is 39.8 Å². The van der Waals surface area contributed by atoms with E-state index in [9.17, 15) is 13.2 Å². The first-order chi connectivity index (χ1) is 8.99. The monoisotopic (exact) mass is 417 g/mol. The van der Waals surface area contributed by atoms with E-state index >= 15 is 0 Å². The third-order valence-corrected chi connectivity index (χ3v) is 3.11. The minimum absolute atomic E-state index is 0. The first-order valence-corrected chi connectivity index (χ1v) is 6.28. The Morgan fingerprint density at radius 3 is 2.65 bits per heavy atom. The summed E-state index contributed by atoms with van der Waals surface area (Å²) in [5.74, 6) is -0.501. The Kier molecular flexibility index (Phi) is 6.69. The molecule has 0 saturated heterocycles. The second-order valence-electron chi connectivity index (χ2n) is 3.94. The van der Waals surface area contributed by atoms with Gasteiger partial charge in [-0.25, -0.2) is 13.2 Å². The number of benzene rings is 1. The van der Waals surface area contributed by atoms with Gasteiger partial charge in [-0.05, 0) is 11.8 Å². The molecule has 6 heteroatoms. The Balaban J connectivity index is 0.00000200. The predicted octanol–water partition coefficient (Wildman–Crippen LogP) is 4.38. The van der Waals surface area contributed by atoms with Crippen molar-refractivity contribution in [3.63, 3.8) is 0 Å². The number of hydrogen-bond acceptors (Lipinski definition) is 1. The van der Waals surface area contributed by atoms with Crippen molar-refractivity contribution in [3.05, 3.63) is 64.6 Å². The maximum Gasteiger partial charge on any atom is 0.256 e. The largest absolute Gasteiger partial charge is 0.370 e. The second-order valence-corrected chi connectivity index (χ2v) is 4.86. The molecular weight excluding hydrogens is 408 g/mol. The quantitative estimate of drug-likeness (QED) is 0.659.